The Kier molecular flexibility index (Phi) is 7.40. The summed E-state index contributed by atoms with van der Waals surface area (Å²) >= 11 is 5.12. The minimum Gasteiger partial charge on any atom is -0.574 e. The third kappa shape index (κ3) is 8.17. The number of nitrogens with zero attached hydrogens (tertiary/aromatic N) is 2. The Hall–Kier alpha value is 0.170. The van der Waals surface area contributed by atoms with Crippen LogP contribution in [0, 0.1) is 0 Å². The molecule has 0 aliphatic rings. The first-order valence-electron chi connectivity index (χ1n) is 3.40. The molecule has 1 N–H and O–H groups in total. The van der Waals surface area contributed by atoms with E-state index in [1.54, 1.807) is 0 Å². The molecule has 0 aliphatic carbocycles. The molecule has 4 heteroatoms. The van der Waals surface area contributed by atoms with Gasteiger partial charge in [0, 0.05) is 13.1 Å². The lowest BCUT2D eigenvalue weighted by atomic mass is 10.5. The quantitative estimate of drug-likeness (QED) is 0.585. The van der Waals surface area contributed by atoms with Crippen molar-refractivity contribution in [3.63, 3.8) is 0 Å². The molecule has 0 heterocycles. The van der Waals surface area contributed by atoms with Gasteiger partial charge < -0.3 is 15.1 Å². The molecular formula is C6H15ClN3-. The van der Waals surface area contributed by atoms with E-state index in [1.165, 1.54) is 0 Å². The van der Waals surface area contributed by atoms with Crippen LogP contribution in [0.25, 0.3) is 4.84 Å². The van der Waals surface area contributed by atoms with Gasteiger partial charge >= 0.3 is 0 Å². The third-order valence-electron chi connectivity index (χ3n) is 1.11. The van der Waals surface area contributed by atoms with E-state index in [2.05, 4.69) is 15.1 Å². The smallest absolute Gasteiger partial charge is 0.0101 e. The molecule has 0 amide bonds. The molecule has 10 heavy (non-hydrogen) atoms. The summed E-state index contributed by atoms with van der Waals surface area (Å²) < 4.78 is 0. The van der Waals surface area contributed by atoms with Crippen molar-refractivity contribution in [2.45, 2.75) is 0 Å². The van der Waals surface area contributed by atoms with Crippen LogP contribution in [0.3, 0.4) is 0 Å². The lowest BCUT2D eigenvalue weighted by molar-refractivity contribution is 0.402. The molecule has 0 bridgehead atoms. The van der Waals surface area contributed by atoms with Crippen molar-refractivity contribution in [3.8, 4) is 0 Å². The normalized spacial score (nSPS) is 10.8. The predicted octanol–water partition coefficient (Wildman–Crippen LogP) is 0.665. The molecule has 0 radical (unpaired) electrons. The second-order valence-electron chi connectivity index (χ2n) is 2.40. The summed E-state index contributed by atoms with van der Waals surface area (Å²) in [6, 6.07) is 0. The Morgan fingerprint density at radius 3 is 2.60 bits per heavy atom. The zero-order valence-corrected chi connectivity index (χ0v) is 7.36. The highest BCUT2D eigenvalue weighted by atomic mass is 35.5. The van der Waals surface area contributed by atoms with E-state index >= 15 is 0 Å². The molecule has 0 aliphatic heterocycles. The molecule has 0 spiro atoms. The van der Waals surface area contributed by atoms with Crippen LogP contribution in [0.15, 0.2) is 0 Å². The molecule has 0 unspecified atom stereocenters. The van der Waals surface area contributed by atoms with Gasteiger partial charge in [0.15, 0.2) is 0 Å². The van der Waals surface area contributed by atoms with Crippen LogP contribution in [-0.2, 0) is 0 Å². The van der Waals surface area contributed by atoms with Crippen LogP contribution in [0.2, 0.25) is 0 Å². The van der Waals surface area contributed by atoms with E-state index in [-0.39, 0.29) is 0 Å². The van der Waals surface area contributed by atoms with Crippen LogP contribution in [0.1, 0.15) is 0 Å². The molecule has 0 aromatic rings. The summed E-state index contributed by atoms with van der Waals surface area (Å²) in [7, 11) is 4.10. The lowest BCUT2D eigenvalue weighted by Crippen LogP contribution is -2.28. The van der Waals surface area contributed by atoms with Crippen LogP contribution in [0.5, 0.6) is 0 Å². The second kappa shape index (κ2) is 7.28. The standard InChI is InChI=1S/C6H15ClN3/c1-10(2)6-5-8-3-4-9-7/h8H,3-6H2,1-2H3/q-1. The molecule has 0 saturated carbocycles. The maximum Gasteiger partial charge on any atom is 0.0101 e. The third-order valence-corrected chi connectivity index (χ3v) is 1.28. The number of hydrogen-bond acceptors (Lipinski definition) is 2. The highest BCUT2D eigenvalue weighted by molar-refractivity contribution is 6.24. The molecular weight excluding hydrogens is 150 g/mol. The number of rotatable bonds is 6. The van der Waals surface area contributed by atoms with Gasteiger partial charge in [0.2, 0.25) is 0 Å². The lowest BCUT2D eigenvalue weighted by Gasteiger charge is -2.12. The zero-order chi connectivity index (χ0) is 7.82. The molecule has 0 atom stereocenters. The van der Waals surface area contributed by atoms with E-state index in [0.717, 1.165) is 19.6 Å². The van der Waals surface area contributed by atoms with Crippen molar-refractivity contribution in [1.29, 1.82) is 0 Å². The van der Waals surface area contributed by atoms with Gasteiger partial charge in [-0.2, -0.15) is 0 Å². The Labute approximate surface area is 67.8 Å². The van der Waals surface area contributed by atoms with E-state index in [9.17, 15) is 0 Å². The summed E-state index contributed by atoms with van der Waals surface area (Å²) in [6.45, 7) is 3.62. The first-order chi connectivity index (χ1) is 4.77. The van der Waals surface area contributed by atoms with E-state index in [4.69, 9.17) is 11.8 Å². The average molecular weight is 165 g/mol. The van der Waals surface area contributed by atoms with Crippen molar-refractivity contribution in [3.05, 3.63) is 4.84 Å². The number of nitrogens with one attached hydrogen (secondary N) is 1. The van der Waals surface area contributed by atoms with E-state index in [1.807, 2.05) is 14.1 Å². The fourth-order valence-corrected chi connectivity index (χ4v) is 0.633. The maximum absolute atomic E-state index is 5.12. The van der Waals surface area contributed by atoms with Crippen molar-refractivity contribution in [2.75, 3.05) is 40.3 Å². The number of hydrogen-bond donors (Lipinski definition) is 1. The second-order valence-corrected chi connectivity index (χ2v) is 2.64. The highest BCUT2D eigenvalue weighted by Gasteiger charge is 1.86. The van der Waals surface area contributed by atoms with Gasteiger partial charge in [-0.1, -0.05) is 0 Å². The van der Waals surface area contributed by atoms with Crippen LogP contribution in [0.4, 0.5) is 0 Å². The van der Waals surface area contributed by atoms with Gasteiger partial charge in [-0.05, 0) is 20.6 Å². The molecule has 0 saturated heterocycles. The summed E-state index contributed by atoms with van der Waals surface area (Å²) in [6.07, 6.45) is 0. The summed E-state index contributed by atoms with van der Waals surface area (Å²) in [5.74, 6) is 0. The van der Waals surface area contributed by atoms with Crippen molar-refractivity contribution in [2.24, 2.45) is 0 Å². The molecule has 0 aromatic carbocycles. The maximum atomic E-state index is 5.12. The molecule has 0 aromatic heterocycles. The Morgan fingerprint density at radius 2 is 2.10 bits per heavy atom. The summed E-state index contributed by atoms with van der Waals surface area (Å²) in [4.78, 5) is 5.58. The van der Waals surface area contributed by atoms with Gasteiger partial charge in [0.05, 0.1) is 0 Å². The fraction of sp³-hybridized carbons (Fsp3) is 1.00. The summed E-state index contributed by atoms with van der Waals surface area (Å²) in [5, 5.41) is 3.20. The topological polar surface area (TPSA) is 29.4 Å². The molecule has 0 fully saturated rings. The van der Waals surface area contributed by atoms with E-state index in [0.29, 0.717) is 6.54 Å². The van der Waals surface area contributed by atoms with Crippen LogP contribution < -0.4 is 5.32 Å². The number of likely N-dealkylation sites (N-methyl/N-ethyl adjacent to an activating group) is 1. The minimum atomic E-state index is 0.689. The van der Waals surface area contributed by atoms with Crippen LogP contribution in [-0.4, -0.2) is 45.2 Å². The van der Waals surface area contributed by atoms with E-state index < -0.39 is 0 Å². The minimum absolute atomic E-state index is 0.689. The van der Waals surface area contributed by atoms with Crippen molar-refractivity contribution in [1.82, 2.24) is 10.2 Å². The first kappa shape index (κ1) is 10.2. The Morgan fingerprint density at radius 1 is 1.40 bits per heavy atom. The van der Waals surface area contributed by atoms with Gasteiger partial charge in [0.25, 0.3) is 0 Å². The predicted molar refractivity (Wildman–Crippen MR) is 45.5 cm³/mol. The SMILES string of the molecule is CN(C)CCNCC[N-]Cl. The first-order valence-corrected chi connectivity index (χ1v) is 3.74. The number of halogens is 1. The molecule has 62 valence electrons. The highest BCUT2D eigenvalue weighted by Crippen LogP contribution is 1.86. The zero-order valence-electron chi connectivity index (χ0n) is 6.60. The monoisotopic (exact) mass is 164 g/mol. The fourth-order valence-electron chi connectivity index (χ4n) is 0.549. The molecule has 3 nitrogen and oxygen atoms in total. The Bertz CT molecular complexity index is 68.0. The van der Waals surface area contributed by atoms with Gasteiger partial charge in [-0.15, -0.1) is 6.54 Å². The van der Waals surface area contributed by atoms with Crippen LogP contribution >= 0.6 is 11.8 Å². The van der Waals surface area contributed by atoms with Crippen molar-refractivity contribution < 1.29 is 0 Å². The largest absolute Gasteiger partial charge is 0.574 e. The Balaban J connectivity index is 2.77. The van der Waals surface area contributed by atoms with Gasteiger partial charge in [-0.25, -0.2) is 0 Å². The van der Waals surface area contributed by atoms with Gasteiger partial charge in [0.1, 0.15) is 0 Å². The van der Waals surface area contributed by atoms with Crippen molar-refractivity contribution >= 4 is 11.8 Å². The van der Waals surface area contributed by atoms with Gasteiger partial charge in [-0.3, -0.25) is 11.8 Å². The molecule has 0 rings (SSSR count). The average Bonchev–Trinajstić information content (AvgIpc) is 1.87. The summed E-state index contributed by atoms with van der Waals surface area (Å²) in [5.41, 5.74) is 0.